The summed E-state index contributed by atoms with van der Waals surface area (Å²) in [7, 11) is 0. The Labute approximate surface area is 204 Å². The molecule has 11 atom stereocenters. The van der Waals surface area contributed by atoms with E-state index in [1.54, 1.807) is 0 Å². The van der Waals surface area contributed by atoms with Crippen LogP contribution in [-0.2, 0) is 0 Å². The molecule has 5 rings (SSSR count). The van der Waals surface area contributed by atoms with Crippen molar-refractivity contribution in [3.8, 4) is 0 Å². The first-order valence-corrected chi connectivity index (χ1v) is 14.5. The lowest BCUT2D eigenvalue weighted by Gasteiger charge is -2.74. The average molecular weight is 461 g/mol. The van der Waals surface area contributed by atoms with Gasteiger partial charge in [-0.05, 0) is 127 Å². The monoisotopic (exact) mass is 460 g/mol. The summed E-state index contributed by atoms with van der Waals surface area (Å²) in [5.41, 5.74) is 1.76. The molecule has 0 aliphatic heterocycles. The minimum atomic E-state index is -0.816. The number of hydrogen-bond acceptors (Lipinski definition) is 2. The lowest BCUT2D eigenvalue weighted by atomic mass is 9.31. The van der Waals surface area contributed by atoms with E-state index in [-0.39, 0.29) is 10.8 Å². The molecule has 0 aromatic carbocycles. The lowest BCUT2D eigenvalue weighted by Crippen LogP contribution is -2.67. The third-order valence-corrected chi connectivity index (χ3v) is 14.0. The first kappa shape index (κ1) is 24.0. The quantitative estimate of drug-likeness (QED) is 0.275. The van der Waals surface area contributed by atoms with Crippen molar-refractivity contribution < 1.29 is 5.11 Å². The maximum atomic E-state index is 11.3. The van der Waals surface area contributed by atoms with E-state index >= 15 is 0 Å². The van der Waals surface area contributed by atoms with E-state index in [1.165, 1.54) is 51.4 Å². The topological polar surface area (TPSA) is 20.2 Å². The summed E-state index contributed by atoms with van der Waals surface area (Å²) in [5.74, 6) is 4.95. The van der Waals surface area contributed by atoms with Gasteiger partial charge in [-0.15, -0.1) is 12.6 Å². The zero-order valence-corrected chi connectivity index (χ0v) is 23.3. The van der Waals surface area contributed by atoms with Gasteiger partial charge in [-0.1, -0.05) is 55.4 Å². The third kappa shape index (κ3) is 2.99. The summed E-state index contributed by atoms with van der Waals surface area (Å²) >= 11 is 4.85. The van der Waals surface area contributed by atoms with Crippen LogP contribution < -0.4 is 0 Å². The van der Waals surface area contributed by atoms with E-state index in [1.807, 2.05) is 0 Å². The number of fused-ring (bicyclic) bond motifs is 7. The highest BCUT2D eigenvalue weighted by Gasteiger charge is 2.70. The minimum Gasteiger partial charge on any atom is -0.380 e. The van der Waals surface area contributed by atoms with E-state index in [0.717, 1.165) is 36.5 Å². The van der Waals surface area contributed by atoms with Crippen molar-refractivity contribution in [2.45, 2.75) is 125 Å². The molecule has 1 unspecified atom stereocenters. The van der Waals surface area contributed by atoms with Crippen molar-refractivity contribution in [3.63, 3.8) is 0 Å². The molecule has 0 spiro atoms. The van der Waals surface area contributed by atoms with Crippen LogP contribution in [0.15, 0.2) is 0 Å². The SMILES string of the molecule is C[C@@H]1[C@H]2[C@H]3CC[C@@H]4[C@@]5(C)CC(O)(S)CC(C)(C)[C@@H]5CC[C@@]4(C)[C@]3(C)CC[C@@]2(C)CC[C@H]1C. The normalized spacial score (nSPS) is 61.7. The van der Waals surface area contributed by atoms with E-state index in [0.29, 0.717) is 28.1 Å². The number of aliphatic hydroxyl groups is 1. The van der Waals surface area contributed by atoms with E-state index in [2.05, 4.69) is 55.4 Å². The molecule has 1 N–H and O–H groups in total. The maximum absolute atomic E-state index is 11.3. The minimum absolute atomic E-state index is 0.168. The van der Waals surface area contributed by atoms with Crippen LogP contribution in [0.1, 0.15) is 120 Å². The Morgan fingerprint density at radius 1 is 0.719 bits per heavy atom. The molecule has 0 aromatic heterocycles. The van der Waals surface area contributed by atoms with Gasteiger partial charge in [-0.3, -0.25) is 0 Å². The number of thiol groups is 1. The van der Waals surface area contributed by atoms with Gasteiger partial charge in [0.25, 0.3) is 0 Å². The van der Waals surface area contributed by atoms with Crippen LogP contribution in [0, 0.1) is 62.6 Å². The van der Waals surface area contributed by atoms with E-state index in [4.69, 9.17) is 12.6 Å². The summed E-state index contributed by atoms with van der Waals surface area (Å²) in [4.78, 5) is -0.816. The van der Waals surface area contributed by atoms with Crippen LogP contribution in [0.25, 0.3) is 0 Å². The second kappa shape index (κ2) is 6.96. The van der Waals surface area contributed by atoms with Gasteiger partial charge in [0.05, 0.1) is 0 Å². The molecule has 5 aliphatic rings. The van der Waals surface area contributed by atoms with Gasteiger partial charge in [0.2, 0.25) is 0 Å². The molecule has 0 amide bonds. The molecule has 0 bridgehead atoms. The van der Waals surface area contributed by atoms with Crippen molar-refractivity contribution in [1.82, 2.24) is 0 Å². The highest BCUT2D eigenvalue weighted by atomic mass is 32.1. The fourth-order valence-electron chi connectivity index (χ4n) is 12.1. The highest BCUT2D eigenvalue weighted by molar-refractivity contribution is 7.81. The van der Waals surface area contributed by atoms with Crippen LogP contribution >= 0.6 is 12.6 Å². The molecule has 5 aliphatic carbocycles. The Morgan fingerprint density at radius 2 is 1.41 bits per heavy atom. The first-order chi connectivity index (χ1) is 14.6. The smallest absolute Gasteiger partial charge is 0.108 e. The molecular formula is C30H52OS. The standard InChI is InChI=1S/C30H52OS/c1-19-11-13-26(5)15-16-28(7)21(24(26)20(19)2)9-10-23-27(6)18-30(31,32)17-25(3,4)22(27)12-14-29(23,28)8/h19-24,31-32H,9-18H2,1-8H3/t19-,20+,21-,22+,23-,24+,26-,27+,28-,29-,30?/m1/s1. The number of hydrogen-bond donors (Lipinski definition) is 2. The molecule has 0 saturated heterocycles. The summed E-state index contributed by atoms with van der Waals surface area (Å²) in [5, 5.41) is 11.3. The van der Waals surface area contributed by atoms with Crippen LogP contribution in [0.2, 0.25) is 0 Å². The Bertz CT molecular complexity index is 773. The van der Waals surface area contributed by atoms with Crippen LogP contribution in [0.4, 0.5) is 0 Å². The zero-order valence-electron chi connectivity index (χ0n) is 22.4. The van der Waals surface area contributed by atoms with Crippen LogP contribution in [0.3, 0.4) is 0 Å². The van der Waals surface area contributed by atoms with Crippen molar-refractivity contribution in [2.24, 2.45) is 62.6 Å². The largest absolute Gasteiger partial charge is 0.380 e. The fourth-order valence-corrected chi connectivity index (χ4v) is 12.9. The molecule has 5 saturated carbocycles. The van der Waals surface area contributed by atoms with Crippen molar-refractivity contribution in [3.05, 3.63) is 0 Å². The zero-order chi connectivity index (χ0) is 23.5. The van der Waals surface area contributed by atoms with E-state index in [9.17, 15) is 5.11 Å². The Morgan fingerprint density at radius 3 is 2.09 bits per heavy atom. The van der Waals surface area contributed by atoms with Crippen molar-refractivity contribution in [2.75, 3.05) is 0 Å². The maximum Gasteiger partial charge on any atom is 0.108 e. The molecule has 5 fully saturated rings. The Balaban J connectivity index is 1.56. The predicted octanol–water partition coefficient (Wildman–Crippen LogP) is 8.36. The summed E-state index contributed by atoms with van der Waals surface area (Å²) < 4.78 is 0. The van der Waals surface area contributed by atoms with Crippen molar-refractivity contribution in [1.29, 1.82) is 0 Å². The Kier molecular flexibility index (Phi) is 5.22. The predicted molar refractivity (Wildman–Crippen MR) is 139 cm³/mol. The van der Waals surface area contributed by atoms with Crippen molar-refractivity contribution >= 4 is 12.6 Å². The molecule has 0 aromatic rings. The van der Waals surface area contributed by atoms with Gasteiger partial charge in [0.1, 0.15) is 4.93 Å². The van der Waals surface area contributed by atoms with Gasteiger partial charge >= 0.3 is 0 Å². The molecule has 0 heterocycles. The van der Waals surface area contributed by atoms with Gasteiger partial charge < -0.3 is 5.11 Å². The molecule has 32 heavy (non-hydrogen) atoms. The van der Waals surface area contributed by atoms with Gasteiger partial charge in [-0.2, -0.15) is 0 Å². The third-order valence-electron chi connectivity index (χ3n) is 13.6. The lowest BCUT2D eigenvalue weighted by molar-refractivity contribution is -0.256. The Hall–Kier alpha value is 0.310. The fraction of sp³-hybridized carbons (Fsp3) is 1.00. The van der Waals surface area contributed by atoms with Gasteiger partial charge in [-0.25, -0.2) is 0 Å². The molecule has 0 radical (unpaired) electrons. The van der Waals surface area contributed by atoms with E-state index < -0.39 is 4.93 Å². The van der Waals surface area contributed by atoms with Crippen LogP contribution in [0.5, 0.6) is 0 Å². The summed E-state index contributed by atoms with van der Waals surface area (Å²) in [6, 6.07) is 0. The second-order valence-corrected chi connectivity index (χ2v) is 16.4. The highest BCUT2D eigenvalue weighted by Crippen LogP contribution is 2.77. The molecular weight excluding hydrogens is 408 g/mol. The van der Waals surface area contributed by atoms with Crippen LogP contribution in [-0.4, -0.2) is 10.0 Å². The average Bonchev–Trinajstić information content (AvgIpc) is 2.64. The second-order valence-electron chi connectivity index (χ2n) is 15.5. The number of rotatable bonds is 0. The summed E-state index contributed by atoms with van der Waals surface area (Å²) in [6.07, 6.45) is 13.0. The summed E-state index contributed by atoms with van der Waals surface area (Å²) in [6.45, 7) is 20.7. The van der Waals surface area contributed by atoms with Gasteiger partial charge in [0.15, 0.2) is 0 Å². The van der Waals surface area contributed by atoms with Gasteiger partial charge in [0, 0.05) is 0 Å². The molecule has 1 nitrogen and oxygen atoms in total. The molecule has 184 valence electrons. The first-order valence-electron chi connectivity index (χ1n) is 14.0. The molecule has 2 heteroatoms.